The van der Waals surface area contributed by atoms with Gasteiger partial charge in [0.05, 0.1) is 18.0 Å². The molecule has 1 atom stereocenters. The van der Waals surface area contributed by atoms with Crippen molar-refractivity contribution in [1.29, 1.82) is 0 Å². The molecular formula is C23H22F2N2O4S. The summed E-state index contributed by atoms with van der Waals surface area (Å²) in [6, 6.07) is 16.6. The first-order valence-electron chi connectivity index (χ1n) is 9.65. The predicted octanol–water partition coefficient (Wildman–Crippen LogP) is 4.36. The van der Waals surface area contributed by atoms with Crippen LogP contribution < -0.4 is 10.1 Å². The van der Waals surface area contributed by atoms with Crippen LogP contribution in [0, 0.1) is 11.6 Å². The molecule has 1 amide bonds. The van der Waals surface area contributed by atoms with E-state index in [1.54, 1.807) is 42.5 Å². The fourth-order valence-electron chi connectivity index (χ4n) is 3.19. The zero-order valence-electron chi connectivity index (χ0n) is 17.5. The van der Waals surface area contributed by atoms with Gasteiger partial charge in [0.15, 0.2) is 0 Å². The van der Waals surface area contributed by atoms with E-state index in [0.717, 1.165) is 16.4 Å². The van der Waals surface area contributed by atoms with Crippen LogP contribution in [0.3, 0.4) is 0 Å². The Morgan fingerprint density at radius 2 is 1.56 bits per heavy atom. The van der Waals surface area contributed by atoms with Crippen molar-refractivity contribution >= 4 is 21.6 Å². The van der Waals surface area contributed by atoms with Crippen LogP contribution in [-0.4, -0.2) is 32.8 Å². The molecule has 0 aliphatic rings. The van der Waals surface area contributed by atoms with Crippen LogP contribution in [-0.2, 0) is 14.8 Å². The first-order chi connectivity index (χ1) is 15.2. The highest BCUT2D eigenvalue weighted by molar-refractivity contribution is 7.89. The van der Waals surface area contributed by atoms with Crippen molar-refractivity contribution in [3.8, 4) is 5.75 Å². The minimum absolute atomic E-state index is 0.0570. The molecule has 0 fully saturated rings. The number of halogens is 2. The van der Waals surface area contributed by atoms with Crippen molar-refractivity contribution in [3.05, 3.63) is 90.0 Å². The van der Waals surface area contributed by atoms with E-state index in [2.05, 4.69) is 5.32 Å². The molecular weight excluding hydrogens is 438 g/mol. The number of anilines is 1. The van der Waals surface area contributed by atoms with Gasteiger partial charge >= 0.3 is 0 Å². The lowest BCUT2D eigenvalue weighted by Gasteiger charge is -2.28. The van der Waals surface area contributed by atoms with E-state index >= 15 is 0 Å². The monoisotopic (exact) mass is 460 g/mol. The highest BCUT2D eigenvalue weighted by Crippen LogP contribution is 2.31. The lowest BCUT2D eigenvalue weighted by molar-refractivity contribution is -0.117. The number of carbonyl (C=O) groups is 1. The van der Waals surface area contributed by atoms with Crippen LogP contribution in [0.25, 0.3) is 0 Å². The molecule has 0 saturated heterocycles. The number of nitrogens with one attached hydrogen (secondary N) is 1. The molecule has 3 rings (SSSR count). The van der Waals surface area contributed by atoms with Gasteiger partial charge in [0.2, 0.25) is 15.9 Å². The van der Waals surface area contributed by atoms with E-state index in [9.17, 15) is 22.0 Å². The number of rotatable bonds is 8. The molecule has 6 nitrogen and oxygen atoms in total. The maximum Gasteiger partial charge on any atom is 0.243 e. The van der Waals surface area contributed by atoms with Gasteiger partial charge in [0.1, 0.15) is 23.1 Å². The molecule has 0 spiro atoms. The van der Waals surface area contributed by atoms with Gasteiger partial charge in [-0.05, 0) is 42.0 Å². The van der Waals surface area contributed by atoms with Crippen LogP contribution in [0.15, 0.2) is 77.7 Å². The zero-order valence-corrected chi connectivity index (χ0v) is 18.3. The first-order valence-corrected chi connectivity index (χ1v) is 11.1. The lowest BCUT2D eigenvalue weighted by Crippen LogP contribution is -2.34. The first kappa shape index (κ1) is 23.4. The van der Waals surface area contributed by atoms with Gasteiger partial charge < -0.3 is 10.1 Å². The summed E-state index contributed by atoms with van der Waals surface area (Å²) in [6.07, 6.45) is -0.372. The minimum Gasteiger partial charge on any atom is -0.497 e. The van der Waals surface area contributed by atoms with Gasteiger partial charge in [-0.1, -0.05) is 36.4 Å². The Morgan fingerprint density at radius 1 is 0.969 bits per heavy atom. The normalized spacial score (nSPS) is 12.4. The molecule has 0 saturated carbocycles. The van der Waals surface area contributed by atoms with Crippen molar-refractivity contribution < 1.29 is 26.7 Å². The molecule has 0 aliphatic carbocycles. The van der Waals surface area contributed by atoms with Crippen LogP contribution in [0.1, 0.15) is 18.0 Å². The summed E-state index contributed by atoms with van der Waals surface area (Å²) in [6.45, 7) is 0. The number of carbonyl (C=O) groups excluding carboxylic acids is 1. The van der Waals surface area contributed by atoms with E-state index in [-0.39, 0.29) is 11.3 Å². The largest absolute Gasteiger partial charge is 0.497 e. The Labute approximate surface area is 185 Å². The second kappa shape index (κ2) is 9.88. The number of hydrogen-bond donors (Lipinski definition) is 1. The highest BCUT2D eigenvalue weighted by atomic mass is 32.2. The lowest BCUT2D eigenvalue weighted by atomic mass is 10.0. The minimum atomic E-state index is -3.96. The molecule has 9 heteroatoms. The average Bonchev–Trinajstić information content (AvgIpc) is 2.80. The molecule has 0 heterocycles. The predicted molar refractivity (Wildman–Crippen MR) is 117 cm³/mol. The molecule has 0 aliphatic heterocycles. The summed E-state index contributed by atoms with van der Waals surface area (Å²) in [5, 5.41) is 2.21. The molecule has 32 heavy (non-hydrogen) atoms. The van der Waals surface area contributed by atoms with Crippen LogP contribution in [0.2, 0.25) is 0 Å². The standard InChI is InChI=1S/C23H22F2N2O4S/c1-27(32(29,30)18-7-4-3-5-8-18)21(16-11-13-17(31-2)14-12-16)15-22(28)26-23-19(24)9-6-10-20(23)25/h3-14,21H,15H2,1-2H3,(H,26,28)/t21-/m1/s1. The molecule has 168 valence electrons. The summed E-state index contributed by atoms with van der Waals surface area (Å²) >= 11 is 0. The Bertz CT molecular complexity index is 1170. The van der Waals surface area contributed by atoms with Gasteiger partial charge in [-0.2, -0.15) is 4.31 Å². The third-order valence-corrected chi connectivity index (χ3v) is 6.85. The van der Waals surface area contributed by atoms with Crippen molar-refractivity contribution in [2.75, 3.05) is 19.5 Å². The number of para-hydroxylation sites is 1. The van der Waals surface area contributed by atoms with Gasteiger partial charge in [-0.15, -0.1) is 0 Å². The quantitative estimate of drug-likeness (QED) is 0.542. The SMILES string of the molecule is COc1ccc([C@@H](CC(=O)Nc2c(F)cccc2F)N(C)S(=O)(=O)c2ccccc2)cc1. The number of amides is 1. The van der Waals surface area contributed by atoms with Crippen molar-refractivity contribution in [2.24, 2.45) is 0 Å². The Morgan fingerprint density at radius 3 is 2.12 bits per heavy atom. The molecule has 0 unspecified atom stereocenters. The van der Waals surface area contributed by atoms with E-state index < -0.39 is 39.3 Å². The third kappa shape index (κ3) is 5.12. The van der Waals surface area contributed by atoms with Crippen molar-refractivity contribution in [2.45, 2.75) is 17.4 Å². The average molecular weight is 461 g/mol. The van der Waals surface area contributed by atoms with Gasteiger partial charge in [0, 0.05) is 13.5 Å². The molecule has 0 aromatic heterocycles. The number of nitrogens with zero attached hydrogens (tertiary/aromatic N) is 1. The smallest absolute Gasteiger partial charge is 0.243 e. The maximum atomic E-state index is 13.9. The van der Waals surface area contributed by atoms with Crippen LogP contribution >= 0.6 is 0 Å². The third-order valence-electron chi connectivity index (χ3n) is 4.97. The fourth-order valence-corrected chi connectivity index (χ4v) is 4.56. The van der Waals surface area contributed by atoms with Gasteiger partial charge in [-0.3, -0.25) is 4.79 Å². The molecule has 0 radical (unpaired) electrons. The van der Waals surface area contributed by atoms with E-state index in [0.29, 0.717) is 11.3 Å². The highest BCUT2D eigenvalue weighted by Gasteiger charge is 2.31. The van der Waals surface area contributed by atoms with Gasteiger partial charge in [0.25, 0.3) is 0 Å². The number of hydrogen-bond acceptors (Lipinski definition) is 4. The van der Waals surface area contributed by atoms with E-state index in [1.807, 2.05) is 0 Å². The van der Waals surface area contributed by atoms with E-state index in [1.165, 1.54) is 32.4 Å². The Kier molecular flexibility index (Phi) is 7.22. The van der Waals surface area contributed by atoms with Gasteiger partial charge in [-0.25, -0.2) is 17.2 Å². The molecule has 1 N–H and O–H groups in total. The Balaban J connectivity index is 1.94. The Hall–Kier alpha value is -3.30. The topological polar surface area (TPSA) is 75.7 Å². The van der Waals surface area contributed by atoms with Crippen LogP contribution in [0.5, 0.6) is 5.75 Å². The fraction of sp³-hybridized carbons (Fsp3) is 0.174. The second-order valence-electron chi connectivity index (χ2n) is 6.97. The summed E-state index contributed by atoms with van der Waals surface area (Å²) in [5.41, 5.74) is -0.0727. The maximum absolute atomic E-state index is 13.9. The van der Waals surface area contributed by atoms with Crippen molar-refractivity contribution in [1.82, 2.24) is 4.31 Å². The number of benzene rings is 3. The van der Waals surface area contributed by atoms with Crippen molar-refractivity contribution in [3.63, 3.8) is 0 Å². The molecule has 0 bridgehead atoms. The summed E-state index contributed by atoms with van der Waals surface area (Å²) in [7, 11) is -1.11. The van der Waals surface area contributed by atoms with Crippen LogP contribution in [0.4, 0.5) is 14.5 Å². The summed E-state index contributed by atoms with van der Waals surface area (Å²) in [5.74, 6) is -2.04. The number of ether oxygens (including phenoxy) is 1. The molecule has 3 aromatic rings. The molecule has 3 aromatic carbocycles. The van der Waals surface area contributed by atoms with E-state index in [4.69, 9.17) is 4.74 Å². The number of methoxy groups -OCH3 is 1. The number of sulfonamides is 1. The summed E-state index contributed by atoms with van der Waals surface area (Å²) in [4.78, 5) is 12.8. The zero-order chi connectivity index (χ0) is 23.3. The summed E-state index contributed by atoms with van der Waals surface area (Å²) < 4.78 is 60.4. The second-order valence-corrected chi connectivity index (χ2v) is 8.97.